The molecule has 0 aliphatic heterocycles. The van der Waals surface area contributed by atoms with Gasteiger partial charge in [0, 0.05) is 12.1 Å². The minimum absolute atomic E-state index is 0.223. The van der Waals surface area contributed by atoms with E-state index in [9.17, 15) is 23.3 Å². The third-order valence-corrected chi connectivity index (χ3v) is 1.87. The van der Waals surface area contributed by atoms with E-state index >= 15 is 0 Å². The van der Waals surface area contributed by atoms with Gasteiger partial charge in [-0.3, -0.25) is 10.1 Å². The van der Waals surface area contributed by atoms with Crippen LogP contribution in [0.4, 0.5) is 18.9 Å². The summed E-state index contributed by atoms with van der Waals surface area (Å²) in [6, 6.07) is 0.681. The van der Waals surface area contributed by atoms with Gasteiger partial charge < -0.3 is 5.11 Å². The third kappa shape index (κ3) is 2.30. The number of rotatable bonds is 1. The zero-order chi connectivity index (χ0) is 11.8. The SMILES string of the molecule is O=[N+]([O-])c1cc(Cl)c(O)cc1C(F)(F)F. The van der Waals surface area contributed by atoms with Crippen LogP contribution in [0.25, 0.3) is 0 Å². The Bertz CT molecular complexity index is 419. The Morgan fingerprint density at radius 2 is 1.93 bits per heavy atom. The molecule has 0 bridgehead atoms. The molecular weight excluding hydrogens is 239 g/mol. The normalized spacial score (nSPS) is 11.5. The molecule has 0 heterocycles. The van der Waals surface area contributed by atoms with Gasteiger partial charge in [0.25, 0.3) is 5.69 Å². The first kappa shape index (κ1) is 11.6. The van der Waals surface area contributed by atoms with Gasteiger partial charge in [0.1, 0.15) is 11.3 Å². The molecular formula is C7H3ClF3NO3. The number of aromatic hydroxyl groups is 1. The molecule has 0 atom stereocenters. The lowest BCUT2D eigenvalue weighted by atomic mass is 10.1. The van der Waals surface area contributed by atoms with Crippen LogP contribution >= 0.6 is 11.6 Å². The summed E-state index contributed by atoms with van der Waals surface area (Å²) in [6.45, 7) is 0. The van der Waals surface area contributed by atoms with Crippen LogP contribution in [-0.2, 0) is 6.18 Å². The summed E-state index contributed by atoms with van der Waals surface area (Å²) < 4.78 is 36.8. The Morgan fingerprint density at radius 1 is 1.40 bits per heavy atom. The number of hydrogen-bond donors (Lipinski definition) is 1. The molecule has 8 heteroatoms. The molecule has 0 saturated heterocycles. The smallest absolute Gasteiger partial charge is 0.423 e. The number of nitro benzene ring substituents is 1. The second kappa shape index (κ2) is 3.58. The van der Waals surface area contributed by atoms with Crippen molar-refractivity contribution in [2.75, 3.05) is 0 Å². The minimum atomic E-state index is -4.91. The van der Waals surface area contributed by atoms with Crippen LogP contribution in [0.1, 0.15) is 5.56 Å². The second-order valence-corrected chi connectivity index (χ2v) is 2.98. The molecule has 0 fully saturated rings. The molecule has 4 nitrogen and oxygen atoms in total. The second-order valence-electron chi connectivity index (χ2n) is 2.58. The number of nitro groups is 1. The molecule has 0 spiro atoms. The number of phenols is 1. The van der Waals surface area contributed by atoms with Crippen LogP contribution in [0.3, 0.4) is 0 Å². The van der Waals surface area contributed by atoms with Crippen molar-refractivity contribution in [3.63, 3.8) is 0 Å². The van der Waals surface area contributed by atoms with Gasteiger partial charge >= 0.3 is 6.18 Å². The van der Waals surface area contributed by atoms with Crippen molar-refractivity contribution in [3.8, 4) is 5.75 Å². The number of hydrogen-bond acceptors (Lipinski definition) is 3. The fourth-order valence-electron chi connectivity index (χ4n) is 0.929. The topological polar surface area (TPSA) is 63.4 Å². The first-order valence-corrected chi connectivity index (χ1v) is 3.85. The highest BCUT2D eigenvalue weighted by molar-refractivity contribution is 6.32. The summed E-state index contributed by atoms with van der Waals surface area (Å²) in [5.74, 6) is -0.852. The van der Waals surface area contributed by atoms with Gasteiger partial charge in [-0.05, 0) is 0 Å². The van der Waals surface area contributed by atoms with Gasteiger partial charge in [0.2, 0.25) is 0 Å². The zero-order valence-electron chi connectivity index (χ0n) is 6.88. The van der Waals surface area contributed by atoms with E-state index in [2.05, 4.69) is 0 Å². The van der Waals surface area contributed by atoms with Gasteiger partial charge in [0.05, 0.1) is 9.95 Å². The van der Waals surface area contributed by atoms with Crippen LogP contribution in [0.2, 0.25) is 5.02 Å². The highest BCUT2D eigenvalue weighted by Crippen LogP contribution is 2.40. The lowest BCUT2D eigenvalue weighted by Crippen LogP contribution is -2.08. The predicted molar refractivity (Wildman–Crippen MR) is 44.8 cm³/mol. The molecule has 1 aromatic rings. The Kier molecular flexibility index (Phi) is 2.76. The average molecular weight is 242 g/mol. The number of phenolic OH excluding ortho intramolecular Hbond substituents is 1. The molecule has 0 aliphatic carbocycles. The van der Waals surface area contributed by atoms with Crippen molar-refractivity contribution >= 4 is 17.3 Å². The first-order chi connectivity index (χ1) is 6.73. The monoisotopic (exact) mass is 241 g/mol. The van der Waals surface area contributed by atoms with Crippen molar-refractivity contribution in [3.05, 3.63) is 32.8 Å². The summed E-state index contributed by atoms with van der Waals surface area (Å²) in [4.78, 5) is 9.08. The molecule has 0 amide bonds. The summed E-state index contributed by atoms with van der Waals surface area (Å²) in [6.07, 6.45) is -4.91. The highest BCUT2D eigenvalue weighted by Gasteiger charge is 2.39. The van der Waals surface area contributed by atoms with Gasteiger partial charge in [-0.15, -0.1) is 0 Å². The first-order valence-electron chi connectivity index (χ1n) is 3.47. The third-order valence-electron chi connectivity index (χ3n) is 1.57. The molecule has 0 aromatic heterocycles. The van der Waals surface area contributed by atoms with E-state index in [1.165, 1.54) is 0 Å². The predicted octanol–water partition coefficient (Wildman–Crippen LogP) is 2.97. The van der Waals surface area contributed by atoms with Gasteiger partial charge in [-0.2, -0.15) is 13.2 Å². The summed E-state index contributed by atoms with van der Waals surface area (Å²) in [7, 11) is 0. The van der Waals surface area contributed by atoms with Gasteiger partial charge in [0.15, 0.2) is 0 Å². The van der Waals surface area contributed by atoms with E-state index in [-0.39, 0.29) is 6.07 Å². The standard InChI is InChI=1S/C7H3ClF3NO3/c8-4-2-5(12(14)15)3(1-6(4)13)7(9,10)11/h1-2,13H. The molecule has 0 aliphatic rings. The molecule has 0 saturated carbocycles. The van der Waals surface area contributed by atoms with Crippen LogP contribution in [0, 0.1) is 10.1 Å². The van der Waals surface area contributed by atoms with E-state index in [1.807, 2.05) is 0 Å². The lowest BCUT2D eigenvalue weighted by molar-refractivity contribution is -0.388. The van der Waals surface area contributed by atoms with Crippen LogP contribution in [-0.4, -0.2) is 10.0 Å². The van der Waals surface area contributed by atoms with Gasteiger partial charge in [-0.1, -0.05) is 11.6 Å². The fourth-order valence-corrected chi connectivity index (χ4v) is 1.09. The summed E-state index contributed by atoms with van der Waals surface area (Å²) >= 11 is 5.26. The van der Waals surface area contributed by atoms with E-state index in [0.29, 0.717) is 6.07 Å². The minimum Gasteiger partial charge on any atom is -0.506 e. The Hall–Kier alpha value is -1.50. The van der Waals surface area contributed by atoms with E-state index < -0.39 is 33.1 Å². The largest absolute Gasteiger partial charge is 0.506 e. The molecule has 1 N–H and O–H groups in total. The van der Waals surface area contributed by atoms with Crippen LogP contribution < -0.4 is 0 Å². The zero-order valence-corrected chi connectivity index (χ0v) is 7.63. The Morgan fingerprint density at radius 3 is 2.33 bits per heavy atom. The maximum atomic E-state index is 12.3. The van der Waals surface area contributed by atoms with Crippen molar-refractivity contribution < 1.29 is 23.2 Å². The molecule has 82 valence electrons. The molecule has 0 unspecified atom stereocenters. The van der Waals surface area contributed by atoms with E-state index in [0.717, 1.165) is 0 Å². The van der Waals surface area contributed by atoms with Crippen LogP contribution in [0.5, 0.6) is 5.75 Å². The van der Waals surface area contributed by atoms with Crippen molar-refractivity contribution in [2.24, 2.45) is 0 Å². The fraction of sp³-hybridized carbons (Fsp3) is 0.143. The number of nitrogens with zero attached hydrogens (tertiary/aromatic N) is 1. The average Bonchev–Trinajstić information content (AvgIpc) is 2.06. The molecule has 15 heavy (non-hydrogen) atoms. The number of benzene rings is 1. The van der Waals surface area contributed by atoms with Crippen molar-refractivity contribution in [1.82, 2.24) is 0 Å². The quantitative estimate of drug-likeness (QED) is 0.607. The maximum absolute atomic E-state index is 12.3. The highest BCUT2D eigenvalue weighted by atomic mass is 35.5. The van der Waals surface area contributed by atoms with E-state index in [4.69, 9.17) is 16.7 Å². The maximum Gasteiger partial charge on any atom is 0.423 e. The molecule has 0 radical (unpaired) electrons. The Labute approximate surface area is 86.0 Å². The van der Waals surface area contributed by atoms with Crippen molar-refractivity contribution in [1.29, 1.82) is 0 Å². The summed E-state index contributed by atoms with van der Waals surface area (Å²) in [5.41, 5.74) is -2.72. The molecule has 1 aromatic carbocycles. The van der Waals surface area contributed by atoms with E-state index in [1.54, 1.807) is 0 Å². The van der Waals surface area contributed by atoms with Crippen LogP contribution in [0.15, 0.2) is 12.1 Å². The number of halogens is 4. The Balaban J connectivity index is 3.49. The lowest BCUT2D eigenvalue weighted by Gasteiger charge is -2.08. The molecule has 1 rings (SSSR count). The van der Waals surface area contributed by atoms with Crippen molar-refractivity contribution in [2.45, 2.75) is 6.18 Å². The van der Waals surface area contributed by atoms with Gasteiger partial charge in [-0.25, -0.2) is 0 Å². The summed E-state index contributed by atoms with van der Waals surface area (Å²) in [5, 5.41) is 18.7. The number of alkyl halides is 3.